The summed E-state index contributed by atoms with van der Waals surface area (Å²) in [6.45, 7) is 2.16. The largest absolute Gasteiger partial charge is 0.478 e. The quantitative estimate of drug-likeness (QED) is 0.215. The van der Waals surface area contributed by atoms with Crippen molar-refractivity contribution in [3.05, 3.63) is 36.5 Å². The summed E-state index contributed by atoms with van der Waals surface area (Å²) < 4.78 is 0. The molecule has 22 heavy (non-hydrogen) atoms. The van der Waals surface area contributed by atoms with Crippen LogP contribution in [0.25, 0.3) is 0 Å². The molecule has 0 atom stereocenters. The van der Waals surface area contributed by atoms with Gasteiger partial charge in [0.2, 0.25) is 0 Å². The lowest BCUT2D eigenvalue weighted by Gasteiger charge is -2.00. The van der Waals surface area contributed by atoms with Gasteiger partial charge in [-0.05, 0) is 38.5 Å². The fourth-order valence-corrected chi connectivity index (χ4v) is 2.32. The number of rotatable bonds is 15. The molecule has 0 aliphatic heterocycles. The Hall–Kier alpha value is -1.31. The van der Waals surface area contributed by atoms with Crippen LogP contribution in [0.1, 0.15) is 84.0 Å². The van der Waals surface area contributed by atoms with Gasteiger partial charge in [-0.15, -0.1) is 0 Å². The third kappa shape index (κ3) is 18.7. The minimum atomic E-state index is -0.840. The van der Waals surface area contributed by atoms with Crippen LogP contribution < -0.4 is 0 Å². The van der Waals surface area contributed by atoms with Crippen molar-refractivity contribution in [2.24, 2.45) is 0 Å². The zero-order valence-electron chi connectivity index (χ0n) is 14.3. The minimum Gasteiger partial charge on any atom is -0.478 e. The number of carbonyl (C=O) groups is 1. The molecule has 0 aromatic heterocycles. The molecule has 0 unspecified atom stereocenters. The Labute approximate surface area is 137 Å². The molecule has 0 rings (SSSR count). The van der Waals surface area contributed by atoms with Gasteiger partial charge in [-0.2, -0.15) is 0 Å². The van der Waals surface area contributed by atoms with Crippen LogP contribution in [0.5, 0.6) is 0 Å². The first-order valence-corrected chi connectivity index (χ1v) is 8.96. The highest BCUT2D eigenvalue weighted by atomic mass is 16.4. The molecule has 1 N–H and O–H groups in total. The summed E-state index contributed by atoms with van der Waals surface area (Å²) in [5.74, 6) is -0.840. The lowest BCUT2D eigenvalue weighted by atomic mass is 10.1. The van der Waals surface area contributed by atoms with Crippen molar-refractivity contribution < 1.29 is 9.90 Å². The number of carboxylic acids is 1. The Morgan fingerprint density at radius 3 is 1.77 bits per heavy atom. The fourth-order valence-electron chi connectivity index (χ4n) is 2.32. The highest BCUT2D eigenvalue weighted by molar-refractivity contribution is 5.79. The molecule has 0 spiro atoms. The van der Waals surface area contributed by atoms with Crippen LogP contribution in [0.2, 0.25) is 0 Å². The third-order valence-electron chi connectivity index (χ3n) is 3.59. The molecule has 0 saturated heterocycles. The number of allylic oxidation sites excluding steroid dienone is 5. The Kier molecular flexibility index (Phi) is 16.7. The van der Waals surface area contributed by atoms with E-state index in [9.17, 15) is 4.79 Å². The monoisotopic (exact) mass is 306 g/mol. The maximum Gasteiger partial charge on any atom is 0.327 e. The first kappa shape index (κ1) is 20.7. The van der Waals surface area contributed by atoms with Crippen molar-refractivity contribution in [1.82, 2.24) is 0 Å². The Morgan fingerprint density at radius 2 is 1.23 bits per heavy atom. The summed E-state index contributed by atoms with van der Waals surface area (Å²) in [7, 11) is 0. The van der Waals surface area contributed by atoms with Gasteiger partial charge in [0, 0.05) is 6.08 Å². The molecule has 0 amide bonds. The van der Waals surface area contributed by atoms with E-state index in [1.807, 2.05) is 0 Å². The third-order valence-corrected chi connectivity index (χ3v) is 3.59. The smallest absolute Gasteiger partial charge is 0.327 e. The van der Waals surface area contributed by atoms with Gasteiger partial charge in [-0.1, -0.05) is 75.8 Å². The predicted octanol–water partition coefficient (Wildman–Crippen LogP) is 6.44. The second-order valence-corrected chi connectivity index (χ2v) is 5.73. The molecule has 0 aliphatic carbocycles. The summed E-state index contributed by atoms with van der Waals surface area (Å²) in [5.41, 5.74) is 0. The van der Waals surface area contributed by atoms with Crippen LogP contribution in [0, 0.1) is 0 Å². The van der Waals surface area contributed by atoms with Crippen LogP contribution >= 0.6 is 0 Å². The van der Waals surface area contributed by atoms with Crippen LogP contribution in [0.3, 0.4) is 0 Å². The standard InChI is InChI=1S/C20H34O2/c1-2-3-4-5-6-7-8-9-10-11-12-13-14-15-16-17-18-19-20(21)22/h3-4,6-7,18-19H,2,5,8-17H2,1H3,(H,21,22)/b4-3-,7-6-,19-18?. The van der Waals surface area contributed by atoms with Crippen molar-refractivity contribution in [2.45, 2.75) is 84.0 Å². The van der Waals surface area contributed by atoms with Crippen molar-refractivity contribution >= 4 is 5.97 Å². The molecule has 0 aliphatic rings. The van der Waals surface area contributed by atoms with Crippen LogP contribution in [0.15, 0.2) is 36.5 Å². The number of hydrogen-bond acceptors (Lipinski definition) is 1. The molecule has 0 fully saturated rings. The van der Waals surface area contributed by atoms with Crippen molar-refractivity contribution in [2.75, 3.05) is 0 Å². The molecule has 0 heterocycles. The lowest BCUT2D eigenvalue weighted by Crippen LogP contribution is -1.85. The van der Waals surface area contributed by atoms with E-state index >= 15 is 0 Å². The molecule has 0 saturated carbocycles. The van der Waals surface area contributed by atoms with E-state index in [4.69, 9.17) is 5.11 Å². The van der Waals surface area contributed by atoms with Gasteiger partial charge in [0.05, 0.1) is 0 Å². The lowest BCUT2D eigenvalue weighted by molar-refractivity contribution is -0.131. The van der Waals surface area contributed by atoms with Gasteiger partial charge in [-0.25, -0.2) is 4.79 Å². The van der Waals surface area contributed by atoms with E-state index in [2.05, 4.69) is 31.2 Å². The summed E-state index contributed by atoms with van der Waals surface area (Å²) in [5, 5.41) is 8.45. The van der Waals surface area contributed by atoms with E-state index in [0.29, 0.717) is 0 Å². The molecule has 0 aromatic carbocycles. The average Bonchev–Trinajstić information content (AvgIpc) is 2.50. The molecular weight excluding hydrogens is 272 g/mol. The molecule has 126 valence electrons. The molecule has 2 heteroatoms. The second-order valence-electron chi connectivity index (χ2n) is 5.73. The van der Waals surface area contributed by atoms with Crippen molar-refractivity contribution in [3.63, 3.8) is 0 Å². The minimum absolute atomic E-state index is 0.840. The van der Waals surface area contributed by atoms with Crippen LogP contribution in [-0.4, -0.2) is 11.1 Å². The van der Waals surface area contributed by atoms with Gasteiger partial charge in [0.1, 0.15) is 0 Å². The number of unbranched alkanes of at least 4 members (excludes halogenated alkanes) is 9. The van der Waals surface area contributed by atoms with Gasteiger partial charge in [-0.3, -0.25) is 0 Å². The zero-order chi connectivity index (χ0) is 16.3. The van der Waals surface area contributed by atoms with Gasteiger partial charge in [0.25, 0.3) is 0 Å². The molecule has 2 nitrogen and oxygen atoms in total. The number of aliphatic carboxylic acids is 1. The van der Waals surface area contributed by atoms with E-state index in [-0.39, 0.29) is 0 Å². The molecule has 0 aromatic rings. The fraction of sp³-hybridized carbons (Fsp3) is 0.650. The summed E-state index contributed by atoms with van der Waals surface area (Å²) in [6, 6.07) is 0. The summed E-state index contributed by atoms with van der Waals surface area (Å²) in [4.78, 5) is 10.3. The van der Waals surface area contributed by atoms with Gasteiger partial charge < -0.3 is 5.11 Å². The first-order chi connectivity index (χ1) is 10.8. The predicted molar refractivity (Wildman–Crippen MR) is 96.1 cm³/mol. The average molecular weight is 306 g/mol. The molecule has 0 bridgehead atoms. The summed E-state index contributed by atoms with van der Waals surface area (Å²) >= 11 is 0. The highest BCUT2D eigenvalue weighted by Crippen LogP contribution is 2.11. The van der Waals surface area contributed by atoms with Crippen LogP contribution in [-0.2, 0) is 4.79 Å². The zero-order valence-corrected chi connectivity index (χ0v) is 14.3. The Balaban J connectivity index is 3.14. The van der Waals surface area contributed by atoms with Gasteiger partial charge in [0.15, 0.2) is 0 Å². The SMILES string of the molecule is CC/C=C\C/C=C\CCCCCCCCCCC=CC(=O)O. The van der Waals surface area contributed by atoms with Gasteiger partial charge >= 0.3 is 5.97 Å². The number of hydrogen-bond donors (Lipinski definition) is 1. The van der Waals surface area contributed by atoms with E-state index < -0.39 is 5.97 Å². The van der Waals surface area contributed by atoms with Crippen molar-refractivity contribution in [1.29, 1.82) is 0 Å². The second kappa shape index (κ2) is 17.7. The first-order valence-electron chi connectivity index (χ1n) is 8.96. The molecular formula is C20H34O2. The normalized spacial score (nSPS) is 12.0. The maximum absolute atomic E-state index is 10.3. The van der Waals surface area contributed by atoms with E-state index in [0.717, 1.165) is 25.7 Å². The van der Waals surface area contributed by atoms with E-state index in [1.54, 1.807) is 6.08 Å². The van der Waals surface area contributed by atoms with Crippen molar-refractivity contribution in [3.8, 4) is 0 Å². The van der Waals surface area contributed by atoms with E-state index in [1.165, 1.54) is 57.4 Å². The maximum atomic E-state index is 10.3. The molecule has 0 radical (unpaired) electrons. The Bertz CT molecular complexity index is 327. The number of carboxylic acid groups (broad SMARTS) is 1. The van der Waals surface area contributed by atoms with Crippen LogP contribution in [0.4, 0.5) is 0 Å². The highest BCUT2D eigenvalue weighted by Gasteiger charge is 1.92. The topological polar surface area (TPSA) is 37.3 Å². The summed E-state index contributed by atoms with van der Waals surface area (Å²) in [6.07, 6.45) is 26.6. The Morgan fingerprint density at radius 1 is 0.727 bits per heavy atom.